The molecule has 1 heterocycles. The number of aromatic carboxylic acids is 1. The maximum Gasteiger partial charge on any atom is 0.339 e. The molecule has 2 rings (SSSR count). The average molecular weight is 258 g/mol. The molecule has 1 aromatic heterocycles. The van der Waals surface area contributed by atoms with Crippen molar-refractivity contribution in [1.82, 2.24) is 4.98 Å². The van der Waals surface area contributed by atoms with Gasteiger partial charge in [0.15, 0.2) is 0 Å². The van der Waals surface area contributed by atoms with Gasteiger partial charge in [-0.15, -0.1) is 0 Å². The first-order valence-corrected chi connectivity index (χ1v) is 5.69. The predicted molar refractivity (Wildman–Crippen MR) is 72.3 cm³/mol. The molecule has 2 aromatic rings. The molecule has 0 aliphatic heterocycles. The van der Waals surface area contributed by atoms with E-state index >= 15 is 0 Å². The zero-order valence-corrected chi connectivity index (χ0v) is 10.7. The minimum Gasteiger partial charge on any atom is -0.495 e. The molecule has 5 nitrogen and oxygen atoms in total. The van der Waals surface area contributed by atoms with Crippen LogP contribution in [0.2, 0.25) is 0 Å². The quantitative estimate of drug-likeness (QED) is 0.913. The van der Waals surface area contributed by atoms with Gasteiger partial charge in [0.25, 0.3) is 0 Å². The van der Waals surface area contributed by atoms with Gasteiger partial charge in [-0.25, -0.2) is 4.79 Å². The predicted octanol–water partition coefficient (Wildman–Crippen LogP) is 2.56. The number of nitrogens with zero attached hydrogens (tertiary/aromatic N) is 2. The minimum atomic E-state index is -1.01. The van der Waals surface area contributed by atoms with Crippen molar-refractivity contribution < 1.29 is 14.6 Å². The van der Waals surface area contributed by atoms with Gasteiger partial charge in [0.1, 0.15) is 11.3 Å². The van der Waals surface area contributed by atoms with Crippen LogP contribution in [0, 0.1) is 0 Å². The van der Waals surface area contributed by atoms with Gasteiger partial charge in [0.2, 0.25) is 0 Å². The van der Waals surface area contributed by atoms with Crippen LogP contribution in [0.4, 0.5) is 11.4 Å². The summed E-state index contributed by atoms with van der Waals surface area (Å²) >= 11 is 0. The lowest BCUT2D eigenvalue weighted by molar-refractivity contribution is 0.0697. The van der Waals surface area contributed by atoms with E-state index in [1.165, 1.54) is 6.20 Å². The summed E-state index contributed by atoms with van der Waals surface area (Å²) in [6, 6.07) is 9.09. The third kappa shape index (κ3) is 2.49. The van der Waals surface area contributed by atoms with E-state index in [0.29, 0.717) is 11.4 Å². The number of aromatic nitrogens is 1. The minimum absolute atomic E-state index is 0.149. The summed E-state index contributed by atoms with van der Waals surface area (Å²) in [5.41, 5.74) is 1.50. The van der Waals surface area contributed by atoms with Crippen molar-refractivity contribution in [1.29, 1.82) is 0 Å². The van der Waals surface area contributed by atoms with Gasteiger partial charge in [-0.3, -0.25) is 4.98 Å². The van der Waals surface area contributed by atoms with Gasteiger partial charge in [0.05, 0.1) is 18.5 Å². The number of ether oxygens (including phenoxy) is 1. The monoisotopic (exact) mass is 258 g/mol. The van der Waals surface area contributed by atoms with Crippen LogP contribution in [0.3, 0.4) is 0 Å². The van der Waals surface area contributed by atoms with Crippen molar-refractivity contribution in [3.05, 3.63) is 48.3 Å². The molecule has 0 spiro atoms. The fourth-order valence-electron chi connectivity index (χ4n) is 1.88. The average Bonchev–Trinajstić information content (AvgIpc) is 2.46. The number of rotatable bonds is 4. The molecule has 0 aliphatic carbocycles. The number of hydrogen-bond acceptors (Lipinski definition) is 4. The summed E-state index contributed by atoms with van der Waals surface area (Å²) in [7, 11) is 3.37. The van der Waals surface area contributed by atoms with Crippen molar-refractivity contribution in [3.63, 3.8) is 0 Å². The smallest absolute Gasteiger partial charge is 0.339 e. The maximum atomic E-state index is 11.2. The molecule has 0 bridgehead atoms. The van der Waals surface area contributed by atoms with Crippen LogP contribution in [0.15, 0.2) is 42.7 Å². The lowest BCUT2D eigenvalue weighted by Gasteiger charge is -2.22. The molecule has 1 N–H and O–H groups in total. The van der Waals surface area contributed by atoms with Crippen molar-refractivity contribution in [2.24, 2.45) is 0 Å². The normalized spacial score (nSPS) is 10.0. The van der Waals surface area contributed by atoms with Crippen LogP contribution in [0.5, 0.6) is 5.75 Å². The molecule has 5 heteroatoms. The summed E-state index contributed by atoms with van der Waals surface area (Å²) in [5, 5.41) is 9.19. The van der Waals surface area contributed by atoms with E-state index in [2.05, 4.69) is 4.98 Å². The number of methoxy groups -OCH3 is 1. The van der Waals surface area contributed by atoms with Crippen molar-refractivity contribution >= 4 is 17.3 Å². The van der Waals surface area contributed by atoms with E-state index in [0.717, 1.165) is 5.69 Å². The molecule has 19 heavy (non-hydrogen) atoms. The number of para-hydroxylation sites is 2. The second-order valence-corrected chi connectivity index (χ2v) is 3.93. The molecule has 0 radical (unpaired) electrons. The second kappa shape index (κ2) is 5.39. The number of anilines is 2. The third-order valence-corrected chi connectivity index (χ3v) is 2.84. The Morgan fingerprint density at radius 2 is 2.00 bits per heavy atom. The van der Waals surface area contributed by atoms with Gasteiger partial charge in [-0.1, -0.05) is 12.1 Å². The highest BCUT2D eigenvalue weighted by Gasteiger charge is 2.16. The Labute approximate surface area is 111 Å². The molecule has 0 saturated heterocycles. The highest BCUT2D eigenvalue weighted by atomic mass is 16.5. The van der Waals surface area contributed by atoms with Gasteiger partial charge in [-0.05, 0) is 18.2 Å². The van der Waals surface area contributed by atoms with Crippen LogP contribution in [-0.4, -0.2) is 30.2 Å². The lowest BCUT2D eigenvalue weighted by atomic mass is 10.2. The highest BCUT2D eigenvalue weighted by Crippen LogP contribution is 2.33. The van der Waals surface area contributed by atoms with Crippen LogP contribution in [-0.2, 0) is 0 Å². The van der Waals surface area contributed by atoms with Crippen LogP contribution >= 0.6 is 0 Å². The van der Waals surface area contributed by atoms with Gasteiger partial charge in [0, 0.05) is 19.4 Å². The molecule has 98 valence electrons. The summed E-state index contributed by atoms with van der Waals surface area (Å²) in [4.78, 5) is 16.8. The van der Waals surface area contributed by atoms with Gasteiger partial charge in [-0.2, -0.15) is 0 Å². The topological polar surface area (TPSA) is 62.7 Å². The highest BCUT2D eigenvalue weighted by molar-refractivity contribution is 5.95. The molecule has 0 fully saturated rings. The molecule has 0 amide bonds. The van der Waals surface area contributed by atoms with E-state index in [-0.39, 0.29) is 5.56 Å². The fraction of sp³-hybridized carbons (Fsp3) is 0.143. The first-order chi connectivity index (χ1) is 9.15. The zero-order valence-electron chi connectivity index (χ0n) is 10.7. The first kappa shape index (κ1) is 12.9. The summed E-state index contributed by atoms with van der Waals surface area (Å²) in [6.07, 6.45) is 2.90. The molecular weight excluding hydrogens is 244 g/mol. The molecular formula is C14H14N2O3. The van der Waals surface area contributed by atoms with Crippen molar-refractivity contribution in [2.45, 2.75) is 0 Å². The number of hydrogen-bond donors (Lipinski definition) is 1. The van der Waals surface area contributed by atoms with Crippen molar-refractivity contribution in [3.8, 4) is 5.75 Å². The Hall–Kier alpha value is -2.56. The summed E-state index contributed by atoms with van der Waals surface area (Å²) in [6.45, 7) is 0. The Kier molecular flexibility index (Phi) is 3.66. The number of benzene rings is 1. The van der Waals surface area contributed by atoms with E-state index in [4.69, 9.17) is 4.74 Å². The number of carboxylic acid groups (broad SMARTS) is 1. The number of pyridine rings is 1. The van der Waals surface area contributed by atoms with E-state index in [1.54, 1.807) is 31.3 Å². The molecule has 0 saturated carbocycles. The van der Waals surface area contributed by atoms with Gasteiger partial charge < -0.3 is 14.7 Å². The lowest BCUT2D eigenvalue weighted by Crippen LogP contribution is -2.15. The first-order valence-electron chi connectivity index (χ1n) is 5.69. The fourth-order valence-corrected chi connectivity index (χ4v) is 1.88. The van der Waals surface area contributed by atoms with E-state index in [9.17, 15) is 9.90 Å². The van der Waals surface area contributed by atoms with Crippen molar-refractivity contribution in [2.75, 3.05) is 19.1 Å². The zero-order chi connectivity index (χ0) is 13.8. The molecule has 0 atom stereocenters. The maximum absolute atomic E-state index is 11.2. The number of carbonyl (C=O) groups is 1. The largest absolute Gasteiger partial charge is 0.495 e. The Morgan fingerprint density at radius 3 is 2.68 bits per heavy atom. The standard InChI is InChI=1S/C14H14N2O3/c1-16(12-5-3-4-6-13(12)19-2)11-7-8-15-9-10(11)14(17)18/h3-9H,1-2H3,(H,17,18). The number of carboxylic acids is 1. The van der Waals surface area contributed by atoms with Crippen LogP contribution in [0.25, 0.3) is 0 Å². The summed E-state index contributed by atoms with van der Waals surface area (Å²) < 4.78 is 5.28. The Balaban J connectivity index is 2.50. The SMILES string of the molecule is COc1ccccc1N(C)c1ccncc1C(=O)O. The Bertz CT molecular complexity index is 599. The van der Waals surface area contributed by atoms with Crippen LogP contribution in [0.1, 0.15) is 10.4 Å². The molecule has 0 unspecified atom stereocenters. The Morgan fingerprint density at radius 1 is 1.26 bits per heavy atom. The second-order valence-electron chi connectivity index (χ2n) is 3.93. The summed E-state index contributed by atoms with van der Waals surface area (Å²) in [5.74, 6) is -0.331. The molecule has 1 aromatic carbocycles. The van der Waals surface area contributed by atoms with Gasteiger partial charge >= 0.3 is 5.97 Å². The third-order valence-electron chi connectivity index (χ3n) is 2.84. The molecule has 0 aliphatic rings. The van der Waals surface area contributed by atoms with E-state index < -0.39 is 5.97 Å². The van der Waals surface area contributed by atoms with Crippen LogP contribution < -0.4 is 9.64 Å². The van der Waals surface area contributed by atoms with E-state index in [1.807, 2.05) is 24.3 Å².